The third kappa shape index (κ3) is 4.04. The van der Waals surface area contributed by atoms with Gasteiger partial charge in [-0.1, -0.05) is 0 Å². The molecule has 0 bridgehead atoms. The van der Waals surface area contributed by atoms with Crippen molar-refractivity contribution in [1.82, 2.24) is 4.98 Å². The molecule has 1 heterocycles. The molecule has 1 aromatic heterocycles. The number of carbonyl (C=O) groups excluding carboxylic acids is 2. The van der Waals surface area contributed by atoms with Gasteiger partial charge in [-0.05, 0) is 32.8 Å². The van der Waals surface area contributed by atoms with Crippen molar-refractivity contribution in [2.75, 3.05) is 5.32 Å². The summed E-state index contributed by atoms with van der Waals surface area (Å²) in [7, 11) is 0. The van der Waals surface area contributed by atoms with Gasteiger partial charge in [0, 0.05) is 24.6 Å². The molecule has 0 aromatic carbocycles. The average molecular weight is 323 g/mol. The molecule has 1 amide bonds. The molecule has 2 rings (SSSR count). The highest BCUT2D eigenvalue weighted by molar-refractivity contribution is 5.99. The fourth-order valence-corrected chi connectivity index (χ4v) is 2.59. The number of pyridine rings is 1. The molecule has 6 nitrogen and oxygen atoms in total. The molecular formula is C16H22FN3O3. The summed E-state index contributed by atoms with van der Waals surface area (Å²) in [5.41, 5.74) is 4.72. The van der Waals surface area contributed by atoms with E-state index in [-0.39, 0.29) is 29.6 Å². The van der Waals surface area contributed by atoms with Crippen LogP contribution in [-0.2, 0) is 11.2 Å². The third-order valence-corrected chi connectivity index (χ3v) is 4.14. The van der Waals surface area contributed by atoms with Crippen molar-refractivity contribution in [2.24, 2.45) is 11.7 Å². The molecule has 7 heteroatoms. The number of nitrogens with one attached hydrogen (secondary N) is 1. The molecule has 0 saturated heterocycles. The summed E-state index contributed by atoms with van der Waals surface area (Å²) in [4.78, 5) is 26.5. The molecule has 23 heavy (non-hydrogen) atoms. The number of aromatic nitrogens is 1. The number of aldehydes is 1. The molecular weight excluding hydrogens is 301 g/mol. The maximum absolute atomic E-state index is 14.1. The Morgan fingerprint density at radius 1 is 1.61 bits per heavy atom. The first-order chi connectivity index (χ1) is 10.7. The quantitative estimate of drug-likeness (QED) is 0.654. The van der Waals surface area contributed by atoms with E-state index in [4.69, 9.17) is 5.73 Å². The van der Waals surface area contributed by atoms with Gasteiger partial charge in [0.1, 0.15) is 12.5 Å². The zero-order valence-electron chi connectivity index (χ0n) is 13.3. The standard InChI is InChI=1S/C16H22FN3O3/c1-16(2,23)13(17)7-12-14(15(18)22)11(3-4-19-12)20-10-5-9(6-10)8-21/h3-4,8-10,13,23H,5-7H2,1-2H3,(H2,18,22)(H,19,20)/t9?,10?,13-/m1/s1. The summed E-state index contributed by atoms with van der Waals surface area (Å²) in [6, 6.07) is 1.68. The first-order valence-electron chi connectivity index (χ1n) is 7.58. The van der Waals surface area contributed by atoms with E-state index in [0.717, 1.165) is 6.29 Å². The van der Waals surface area contributed by atoms with Crippen molar-refractivity contribution in [3.63, 3.8) is 0 Å². The summed E-state index contributed by atoms with van der Waals surface area (Å²) < 4.78 is 14.1. The highest BCUT2D eigenvalue weighted by atomic mass is 19.1. The number of hydrogen-bond donors (Lipinski definition) is 3. The van der Waals surface area contributed by atoms with Crippen molar-refractivity contribution in [3.8, 4) is 0 Å². The normalized spacial score (nSPS) is 22.1. The summed E-state index contributed by atoms with van der Waals surface area (Å²) >= 11 is 0. The number of aliphatic hydroxyl groups is 1. The zero-order chi connectivity index (χ0) is 17.2. The smallest absolute Gasteiger partial charge is 0.252 e. The molecule has 1 atom stereocenters. The molecule has 1 saturated carbocycles. The van der Waals surface area contributed by atoms with Gasteiger partial charge < -0.3 is 21.0 Å². The van der Waals surface area contributed by atoms with Crippen molar-refractivity contribution in [2.45, 2.75) is 50.9 Å². The summed E-state index contributed by atoms with van der Waals surface area (Å²) in [5, 5.41) is 12.9. The Hall–Kier alpha value is -2.02. The van der Waals surface area contributed by atoms with E-state index in [1.165, 1.54) is 20.0 Å². The molecule has 0 spiro atoms. The van der Waals surface area contributed by atoms with E-state index >= 15 is 0 Å². The topological polar surface area (TPSA) is 105 Å². The lowest BCUT2D eigenvalue weighted by Gasteiger charge is -2.33. The minimum Gasteiger partial charge on any atom is -0.387 e. The maximum Gasteiger partial charge on any atom is 0.252 e. The lowest BCUT2D eigenvalue weighted by molar-refractivity contribution is -0.113. The van der Waals surface area contributed by atoms with E-state index in [0.29, 0.717) is 18.5 Å². The Bertz CT molecular complexity index is 595. The van der Waals surface area contributed by atoms with E-state index < -0.39 is 17.7 Å². The van der Waals surface area contributed by atoms with Crippen molar-refractivity contribution in [1.29, 1.82) is 0 Å². The Morgan fingerprint density at radius 2 is 2.26 bits per heavy atom. The van der Waals surface area contributed by atoms with Crippen LogP contribution in [0.3, 0.4) is 0 Å². The lowest BCUT2D eigenvalue weighted by atomic mass is 9.81. The minimum absolute atomic E-state index is 0.0382. The van der Waals surface area contributed by atoms with Crippen LogP contribution in [0.2, 0.25) is 0 Å². The van der Waals surface area contributed by atoms with E-state index in [1.807, 2.05) is 0 Å². The fraction of sp³-hybridized carbons (Fsp3) is 0.562. The van der Waals surface area contributed by atoms with E-state index in [9.17, 15) is 19.1 Å². The second-order valence-electron chi connectivity index (χ2n) is 6.58. The van der Waals surface area contributed by atoms with Crippen molar-refractivity contribution in [3.05, 3.63) is 23.5 Å². The van der Waals surface area contributed by atoms with Gasteiger partial charge in [-0.15, -0.1) is 0 Å². The van der Waals surface area contributed by atoms with Gasteiger partial charge in [-0.3, -0.25) is 9.78 Å². The van der Waals surface area contributed by atoms with Crippen LogP contribution in [-0.4, -0.2) is 40.1 Å². The Kier molecular flexibility index (Phi) is 4.99. The Morgan fingerprint density at radius 3 is 2.78 bits per heavy atom. The van der Waals surface area contributed by atoms with Crippen molar-refractivity contribution < 1.29 is 19.1 Å². The van der Waals surface area contributed by atoms with Gasteiger partial charge in [0.25, 0.3) is 5.91 Å². The van der Waals surface area contributed by atoms with E-state index in [2.05, 4.69) is 10.3 Å². The second kappa shape index (κ2) is 6.62. The Balaban J connectivity index is 2.21. The highest BCUT2D eigenvalue weighted by Crippen LogP contribution is 2.30. The number of rotatable bonds is 7. The molecule has 4 N–H and O–H groups in total. The van der Waals surface area contributed by atoms with E-state index in [1.54, 1.807) is 6.07 Å². The van der Waals surface area contributed by atoms with Crippen LogP contribution in [0, 0.1) is 5.92 Å². The molecule has 1 aromatic rings. The first kappa shape index (κ1) is 17.3. The van der Waals surface area contributed by atoms with Crippen LogP contribution in [0.25, 0.3) is 0 Å². The van der Waals surface area contributed by atoms with Crippen LogP contribution in [0.15, 0.2) is 12.3 Å². The molecule has 0 unspecified atom stereocenters. The van der Waals surface area contributed by atoms with Crippen LogP contribution in [0.4, 0.5) is 10.1 Å². The average Bonchev–Trinajstić information content (AvgIpc) is 2.40. The van der Waals surface area contributed by atoms with Gasteiger partial charge in [-0.2, -0.15) is 0 Å². The number of alkyl halides is 1. The highest BCUT2D eigenvalue weighted by Gasteiger charge is 2.31. The minimum atomic E-state index is -1.58. The SMILES string of the molecule is CC(C)(O)[C@H](F)Cc1nccc(NC2CC(C=O)C2)c1C(N)=O. The first-order valence-corrected chi connectivity index (χ1v) is 7.58. The number of nitrogens with two attached hydrogens (primary N) is 1. The molecule has 1 aliphatic rings. The summed E-state index contributed by atoms with van der Waals surface area (Å²) in [6.07, 6.45) is 1.98. The molecule has 126 valence electrons. The molecule has 0 aliphatic heterocycles. The van der Waals surface area contributed by atoms with Gasteiger partial charge >= 0.3 is 0 Å². The Labute approximate surface area is 134 Å². The van der Waals surface area contributed by atoms with Crippen LogP contribution in [0.5, 0.6) is 0 Å². The van der Waals surface area contributed by atoms with Crippen LogP contribution < -0.4 is 11.1 Å². The molecule has 1 fully saturated rings. The molecule has 0 radical (unpaired) electrons. The third-order valence-electron chi connectivity index (χ3n) is 4.14. The summed E-state index contributed by atoms with van der Waals surface area (Å²) in [5.74, 6) is -0.666. The van der Waals surface area contributed by atoms with Gasteiger partial charge in [0.2, 0.25) is 0 Å². The second-order valence-corrected chi connectivity index (χ2v) is 6.58. The summed E-state index contributed by atoms with van der Waals surface area (Å²) in [6.45, 7) is 2.72. The lowest BCUT2D eigenvalue weighted by Crippen LogP contribution is -2.37. The number of carbonyl (C=O) groups is 2. The monoisotopic (exact) mass is 323 g/mol. The number of primary amides is 1. The largest absolute Gasteiger partial charge is 0.387 e. The number of anilines is 1. The number of nitrogens with zero attached hydrogens (tertiary/aromatic N) is 1. The maximum atomic E-state index is 14.1. The number of halogens is 1. The van der Waals surface area contributed by atoms with Gasteiger partial charge in [-0.25, -0.2) is 4.39 Å². The predicted octanol–water partition coefficient (Wildman–Crippen LogP) is 1.22. The zero-order valence-corrected chi connectivity index (χ0v) is 13.3. The van der Waals surface area contributed by atoms with Crippen LogP contribution in [0.1, 0.15) is 42.7 Å². The van der Waals surface area contributed by atoms with Crippen LogP contribution >= 0.6 is 0 Å². The van der Waals surface area contributed by atoms with Gasteiger partial charge in [0.15, 0.2) is 0 Å². The fourth-order valence-electron chi connectivity index (χ4n) is 2.59. The number of amides is 1. The van der Waals surface area contributed by atoms with Gasteiger partial charge in [0.05, 0.1) is 22.5 Å². The number of hydrogen-bond acceptors (Lipinski definition) is 5. The van der Waals surface area contributed by atoms with Crippen molar-refractivity contribution >= 4 is 17.9 Å². The molecule has 1 aliphatic carbocycles. The predicted molar refractivity (Wildman–Crippen MR) is 83.9 cm³/mol.